The average molecular weight is 260 g/mol. The molecule has 0 spiro atoms. The molecule has 0 saturated carbocycles. The maximum atomic E-state index is 6.47. The summed E-state index contributed by atoms with van der Waals surface area (Å²) < 4.78 is 0. The Morgan fingerprint density at radius 3 is 2.42 bits per heavy atom. The Morgan fingerprint density at radius 1 is 1.21 bits per heavy atom. The van der Waals surface area contributed by atoms with Crippen molar-refractivity contribution in [3.8, 4) is 0 Å². The van der Waals surface area contributed by atoms with Gasteiger partial charge < -0.3 is 5.73 Å². The lowest BCUT2D eigenvalue weighted by atomic mass is 9.85. The smallest absolute Gasteiger partial charge is 0.0504 e. The molecular weight excluding hydrogens is 232 g/mol. The van der Waals surface area contributed by atoms with E-state index in [1.165, 1.54) is 41.6 Å². The fourth-order valence-electron chi connectivity index (χ4n) is 3.69. The standard InChI is InChI=1S/C17H28N2/c1-5-8-19-9-6-7-15(18)17(19)16-13(3)10-12(2)11-14(16)4/h10-11,15,17H,5-9,18H2,1-4H3. The summed E-state index contributed by atoms with van der Waals surface area (Å²) in [5.41, 5.74) is 12.1. The molecule has 0 aliphatic carbocycles. The van der Waals surface area contributed by atoms with Gasteiger partial charge in [-0.3, -0.25) is 4.90 Å². The zero-order chi connectivity index (χ0) is 14.0. The van der Waals surface area contributed by atoms with Crippen LogP contribution in [0.1, 0.15) is 54.5 Å². The van der Waals surface area contributed by atoms with Crippen LogP contribution in [0.25, 0.3) is 0 Å². The minimum atomic E-state index is 0.278. The second-order valence-electron chi connectivity index (χ2n) is 6.10. The number of hydrogen-bond donors (Lipinski definition) is 1. The molecule has 1 aliphatic heterocycles. The molecule has 106 valence electrons. The molecule has 1 aromatic carbocycles. The third kappa shape index (κ3) is 3.01. The van der Waals surface area contributed by atoms with Crippen LogP contribution in [-0.4, -0.2) is 24.0 Å². The Kier molecular flexibility index (Phi) is 4.64. The molecule has 2 rings (SSSR count). The molecule has 1 fully saturated rings. The first-order valence-corrected chi connectivity index (χ1v) is 7.62. The van der Waals surface area contributed by atoms with Crippen LogP contribution >= 0.6 is 0 Å². The van der Waals surface area contributed by atoms with E-state index in [1.54, 1.807) is 0 Å². The van der Waals surface area contributed by atoms with Crippen LogP contribution in [0, 0.1) is 20.8 Å². The van der Waals surface area contributed by atoms with E-state index in [1.807, 2.05) is 0 Å². The normalized spacial score (nSPS) is 24.7. The van der Waals surface area contributed by atoms with Gasteiger partial charge in [-0.05, 0) is 69.8 Å². The molecule has 1 saturated heterocycles. The first-order chi connectivity index (χ1) is 9.04. The van der Waals surface area contributed by atoms with Crippen molar-refractivity contribution in [3.05, 3.63) is 34.4 Å². The van der Waals surface area contributed by atoms with E-state index in [0.717, 1.165) is 13.0 Å². The minimum Gasteiger partial charge on any atom is -0.326 e. The average Bonchev–Trinajstić information content (AvgIpc) is 2.31. The zero-order valence-electron chi connectivity index (χ0n) is 12.9. The number of hydrogen-bond acceptors (Lipinski definition) is 2. The summed E-state index contributed by atoms with van der Waals surface area (Å²) in [7, 11) is 0. The third-order valence-electron chi connectivity index (χ3n) is 4.33. The van der Waals surface area contributed by atoms with Crippen LogP contribution in [0.2, 0.25) is 0 Å². The van der Waals surface area contributed by atoms with E-state index >= 15 is 0 Å². The van der Waals surface area contributed by atoms with Crippen LogP contribution in [0.5, 0.6) is 0 Å². The Labute approximate surface area is 118 Å². The van der Waals surface area contributed by atoms with Crippen molar-refractivity contribution in [2.45, 2.75) is 59.0 Å². The fraction of sp³-hybridized carbons (Fsp3) is 0.647. The van der Waals surface area contributed by atoms with E-state index in [9.17, 15) is 0 Å². The van der Waals surface area contributed by atoms with Gasteiger partial charge in [0.2, 0.25) is 0 Å². The van der Waals surface area contributed by atoms with E-state index in [2.05, 4.69) is 44.7 Å². The number of likely N-dealkylation sites (tertiary alicyclic amines) is 1. The number of aryl methyl sites for hydroxylation is 3. The Hall–Kier alpha value is -0.860. The molecule has 2 heteroatoms. The van der Waals surface area contributed by atoms with E-state index < -0.39 is 0 Å². The van der Waals surface area contributed by atoms with Gasteiger partial charge in [-0.15, -0.1) is 0 Å². The fourth-order valence-corrected chi connectivity index (χ4v) is 3.69. The van der Waals surface area contributed by atoms with Crippen molar-refractivity contribution in [2.75, 3.05) is 13.1 Å². The summed E-state index contributed by atoms with van der Waals surface area (Å²) in [6.07, 6.45) is 3.59. The number of piperidine rings is 1. The highest BCUT2D eigenvalue weighted by Crippen LogP contribution is 2.34. The Morgan fingerprint density at radius 2 is 1.84 bits per heavy atom. The van der Waals surface area contributed by atoms with Crippen molar-refractivity contribution in [1.82, 2.24) is 4.90 Å². The zero-order valence-corrected chi connectivity index (χ0v) is 12.9. The van der Waals surface area contributed by atoms with Crippen molar-refractivity contribution >= 4 is 0 Å². The predicted molar refractivity (Wildman–Crippen MR) is 82.5 cm³/mol. The van der Waals surface area contributed by atoms with Gasteiger partial charge in [-0.1, -0.05) is 24.6 Å². The van der Waals surface area contributed by atoms with Gasteiger partial charge in [0.25, 0.3) is 0 Å². The molecule has 0 radical (unpaired) electrons. The molecule has 0 amide bonds. The van der Waals surface area contributed by atoms with Crippen LogP contribution in [0.15, 0.2) is 12.1 Å². The van der Waals surface area contributed by atoms with Crippen LogP contribution in [0.3, 0.4) is 0 Å². The lowest BCUT2D eigenvalue weighted by molar-refractivity contribution is 0.128. The van der Waals surface area contributed by atoms with Crippen molar-refractivity contribution < 1.29 is 0 Å². The number of rotatable bonds is 3. The summed E-state index contributed by atoms with van der Waals surface area (Å²) in [4.78, 5) is 2.60. The molecule has 1 aliphatic rings. The van der Waals surface area contributed by atoms with Crippen molar-refractivity contribution in [1.29, 1.82) is 0 Å². The highest BCUT2D eigenvalue weighted by Gasteiger charge is 2.31. The molecule has 2 N–H and O–H groups in total. The number of benzene rings is 1. The molecule has 2 unspecified atom stereocenters. The predicted octanol–water partition coefficient (Wildman–Crippen LogP) is 3.49. The maximum absolute atomic E-state index is 6.47. The molecule has 0 aromatic heterocycles. The Bertz CT molecular complexity index is 414. The molecule has 1 aromatic rings. The van der Waals surface area contributed by atoms with Crippen LogP contribution < -0.4 is 5.73 Å². The second-order valence-corrected chi connectivity index (χ2v) is 6.10. The van der Waals surface area contributed by atoms with Crippen molar-refractivity contribution in [2.24, 2.45) is 5.73 Å². The highest BCUT2D eigenvalue weighted by atomic mass is 15.2. The lowest BCUT2D eigenvalue weighted by Crippen LogP contribution is -2.46. The molecular formula is C17H28N2. The molecule has 2 nitrogen and oxygen atoms in total. The summed E-state index contributed by atoms with van der Waals surface area (Å²) in [5.74, 6) is 0. The van der Waals surface area contributed by atoms with Gasteiger partial charge in [0.05, 0.1) is 6.04 Å². The largest absolute Gasteiger partial charge is 0.326 e. The van der Waals surface area contributed by atoms with Gasteiger partial charge >= 0.3 is 0 Å². The number of nitrogens with two attached hydrogens (primary N) is 1. The molecule has 19 heavy (non-hydrogen) atoms. The minimum absolute atomic E-state index is 0.278. The van der Waals surface area contributed by atoms with E-state index in [4.69, 9.17) is 5.73 Å². The lowest BCUT2D eigenvalue weighted by Gasteiger charge is -2.41. The summed E-state index contributed by atoms with van der Waals surface area (Å²) in [6.45, 7) is 11.3. The monoisotopic (exact) mass is 260 g/mol. The van der Waals surface area contributed by atoms with Gasteiger partial charge in [-0.25, -0.2) is 0 Å². The molecule has 1 heterocycles. The second kappa shape index (κ2) is 6.06. The van der Waals surface area contributed by atoms with Gasteiger partial charge in [0.15, 0.2) is 0 Å². The van der Waals surface area contributed by atoms with Gasteiger partial charge in [0, 0.05) is 6.04 Å². The maximum Gasteiger partial charge on any atom is 0.0504 e. The van der Waals surface area contributed by atoms with E-state index in [0.29, 0.717) is 6.04 Å². The number of nitrogens with zero attached hydrogens (tertiary/aromatic N) is 1. The van der Waals surface area contributed by atoms with Crippen LogP contribution in [0.4, 0.5) is 0 Å². The molecule has 0 bridgehead atoms. The summed E-state index contributed by atoms with van der Waals surface area (Å²) in [6, 6.07) is 5.29. The van der Waals surface area contributed by atoms with Crippen molar-refractivity contribution in [3.63, 3.8) is 0 Å². The first kappa shape index (κ1) is 14.5. The summed E-state index contributed by atoms with van der Waals surface area (Å²) >= 11 is 0. The third-order valence-corrected chi connectivity index (χ3v) is 4.33. The van der Waals surface area contributed by atoms with Gasteiger partial charge in [0.1, 0.15) is 0 Å². The quantitative estimate of drug-likeness (QED) is 0.901. The molecule has 2 atom stereocenters. The SMILES string of the molecule is CCCN1CCCC(N)C1c1c(C)cc(C)cc1C. The highest BCUT2D eigenvalue weighted by molar-refractivity contribution is 5.40. The topological polar surface area (TPSA) is 29.3 Å². The summed E-state index contributed by atoms with van der Waals surface area (Å²) in [5, 5.41) is 0. The Balaban J connectivity index is 2.41. The van der Waals surface area contributed by atoms with Gasteiger partial charge in [-0.2, -0.15) is 0 Å². The van der Waals surface area contributed by atoms with Crippen LogP contribution in [-0.2, 0) is 0 Å². The first-order valence-electron chi connectivity index (χ1n) is 7.62. The van der Waals surface area contributed by atoms with E-state index in [-0.39, 0.29) is 6.04 Å².